The monoisotopic (exact) mass is 1600 g/mol. The molecule has 0 atom stereocenters. The highest BCUT2D eigenvalue weighted by Gasteiger charge is 2.33. The number of hydrogen-bond acceptors (Lipinski definition) is 22. The molecule has 16 rings (SSSR count). The van der Waals surface area contributed by atoms with Crippen LogP contribution in [0, 0.1) is 18.6 Å². The summed E-state index contributed by atoms with van der Waals surface area (Å²) < 4.78 is 187. The minimum absolute atomic E-state index is 0.0123. The van der Waals surface area contributed by atoms with Gasteiger partial charge in [-0.2, -0.15) is 108 Å². The molecule has 592 valence electrons. The van der Waals surface area contributed by atoms with Crippen molar-refractivity contribution >= 4 is 97.1 Å². The summed E-state index contributed by atoms with van der Waals surface area (Å²) in [5.74, 6) is 2.90. The van der Waals surface area contributed by atoms with Crippen molar-refractivity contribution in [2.24, 2.45) is 0 Å². The van der Waals surface area contributed by atoms with Gasteiger partial charge in [0.2, 0.25) is 41.6 Å². The van der Waals surface area contributed by atoms with Crippen molar-refractivity contribution < 1.29 is 61.5 Å². The van der Waals surface area contributed by atoms with Crippen molar-refractivity contribution in [2.75, 3.05) is 32.7 Å². The molecule has 0 radical (unpaired) electrons. The number of nitrogens with zero attached hydrogens (tertiary/aromatic N) is 20. The molecule has 40 heteroatoms. The Balaban J connectivity index is 0.000000135. The largest absolute Gasteiger partial charge is 0.416 e. The summed E-state index contributed by atoms with van der Waals surface area (Å²) in [6.45, 7) is 7.66. The van der Waals surface area contributed by atoms with Crippen molar-refractivity contribution in [2.45, 2.75) is 78.1 Å². The third-order valence-electron chi connectivity index (χ3n) is 17.0. The number of rotatable bonds is 16. The molecule has 0 saturated carbocycles. The Morgan fingerprint density at radius 2 is 0.819 bits per heavy atom. The molecule has 0 fully saturated rings. The van der Waals surface area contributed by atoms with E-state index in [0.29, 0.717) is 93.2 Å². The summed E-state index contributed by atoms with van der Waals surface area (Å²) in [6.07, 6.45) is -10.2. The third kappa shape index (κ3) is 18.5. The minimum atomic E-state index is -4.41. The number of pyridine rings is 1. The van der Waals surface area contributed by atoms with E-state index in [2.05, 4.69) is 102 Å². The number of nitrogens with two attached hydrogens (primary N) is 2. The summed E-state index contributed by atoms with van der Waals surface area (Å²) >= 11 is 0. The second-order valence-electron chi connectivity index (χ2n) is 25.0. The molecular formula is C76H60F14N26. The summed E-state index contributed by atoms with van der Waals surface area (Å²) in [4.78, 5) is 47.6. The van der Waals surface area contributed by atoms with Crippen LogP contribution in [0.5, 0.6) is 0 Å². The maximum atomic E-state index is 13.7. The fourth-order valence-corrected chi connectivity index (χ4v) is 11.8. The van der Waals surface area contributed by atoms with Crippen LogP contribution < -0.4 is 32.7 Å². The van der Waals surface area contributed by atoms with Crippen LogP contribution in [-0.4, -0.2) is 98.5 Å². The predicted molar refractivity (Wildman–Crippen MR) is 403 cm³/mol. The van der Waals surface area contributed by atoms with Gasteiger partial charge in [-0.05, 0) is 165 Å². The lowest BCUT2D eigenvalue weighted by Crippen LogP contribution is -2.11. The Morgan fingerprint density at radius 3 is 1.31 bits per heavy atom. The number of nitrogens with one attached hydrogen (secondary N) is 4. The number of benzene rings is 7. The van der Waals surface area contributed by atoms with E-state index in [-0.39, 0.29) is 41.6 Å². The number of anilines is 10. The van der Waals surface area contributed by atoms with Crippen LogP contribution in [0.2, 0.25) is 0 Å². The molecule has 116 heavy (non-hydrogen) atoms. The van der Waals surface area contributed by atoms with E-state index >= 15 is 0 Å². The molecule has 26 nitrogen and oxygen atoms in total. The quantitative estimate of drug-likeness (QED) is 0.0490. The van der Waals surface area contributed by atoms with Crippen LogP contribution in [0.1, 0.15) is 72.6 Å². The molecule has 0 spiro atoms. The molecule has 0 bridgehead atoms. The first-order valence-electron chi connectivity index (χ1n) is 34.8. The molecule has 9 aromatic heterocycles. The fourth-order valence-electron chi connectivity index (χ4n) is 11.8. The molecule has 16 aromatic rings. The molecule has 0 amide bonds. The summed E-state index contributed by atoms with van der Waals surface area (Å²) in [6, 6.07) is 39.8. The molecule has 0 saturated heterocycles. The van der Waals surface area contributed by atoms with Gasteiger partial charge >= 0.3 is 24.7 Å². The van der Waals surface area contributed by atoms with Crippen molar-refractivity contribution in [1.29, 1.82) is 0 Å². The minimum Gasteiger partial charge on any atom is -0.368 e. The zero-order chi connectivity index (χ0) is 82.4. The van der Waals surface area contributed by atoms with E-state index < -0.39 is 58.6 Å². The molecule has 7 aromatic carbocycles. The molecule has 8 N–H and O–H groups in total. The van der Waals surface area contributed by atoms with Crippen molar-refractivity contribution in [3.63, 3.8) is 0 Å². The van der Waals surface area contributed by atoms with E-state index in [9.17, 15) is 61.5 Å². The molecule has 0 unspecified atom stereocenters. The summed E-state index contributed by atoms with van der Waals surface area (Å²) in [7, 11) is 0. The van der Waals surface area contributed by atoms with Crippen molar-refractivity contribution in [3.8, 4) is 29.0 Å². The number of nitrogen functional groups attached to an aromatic ring is 2. The normalized spacial score (nSPS) is 11.7. The second-order valence-corrected chi connectivity index (χ2v) is 25.0. The maximum absolute atomic E-state index is 13.7. The Morgan fingerprint density at radius 1 is 0.388 bits per heavy atom. The predicted octanol–water partition coefficient (Wildman–Crippen LogP) is 17.7. The number of para-hydroxylation sites is 2. The zero-order valence-corrected chi connectivity index (χ0v) is 60.7. The molecule has 9 heterocycles. The number of aryl methyl sites for hydroxylation is 4. The first-order valence-corrected chi connectivity index (χ1v) is 34.8. The van der Waals surface area contributed by atoms with Gasteiger partial charge < -0.3 is 32.7 Å². The standard InChI is InChI=1S/C20H18F3N7.C19H14F4N6.C19H16F3N7.C18H12F4N6/c1-2-5-16-26-14-6-3-4-7-15(14)30(16)19-28-17(24)27-18(29-19)25-13-10-8-12(9-11-13)20(21,22)23;1-2-16-26-14-8-5-12(20)9-15(14)29(16)17-10-24-28-18(27-17)25-13-6-3-11(4-7-13)19(21,22)23;1-2-13-15(14-5-3-4-10-29(14)28-13)16-25-17(23)27-18(26-16)24-12-8-6-11(7-9-12)19(20,21)22;1-10-24-14-7-4-12(19)8-15(14)28(10)16-9-23-27-17(26-16)25-13-5-2-11(3-6-13)18(20,21)22/h3-4,6-11H,2,5H2,1H3,(H3,24,25,27,28,29);3-10H,2H2,1H3,(H,25,27,28);3-10H,2H2,1H3,(H3,23,24,25,26,27);2-9H,1H3,(H,25,26,27). The molecule has 0 aliphatic carbocycles. The second kappa shape index (κ2) is 33.1. The number of alkyl halides is 12. The third-order valence-corrected chi connectivity index (χ3v) is 17.0. The van der Waals surface area contributed by atoms with E-state index in [1.807, 2.05) is 74.0 Å². The van der Waals surface area contributed by atoms with Crippen LogP contribution in [0.25, 0.3) is 67.6 Å². The van der Waals surface area contributed by atoms with Crippen LogP contribution in [0.15, 0.2) is 195 Å². The lowest BCUT2D eigenvalue weighted by atomic mass is 10.1. The van der Waals surface area contributed by atoms with E-state index in [1.54, 1.807) is 32.7 Å². The van der Waals surface area contributed by atoms with Crippen molar-refractivity contribution in [1.82, 2.24) is 98.5 Å². The SMILES string of the molecule is CCCc1nc2ccccc2n1-c1nc(N)nc(Nc2ccc(C(F)(F)F)cc2)n1.CCc1nc2ccc(F)cc2n1-c1cnnc(Nc2ccc(C(F)(F)F)cc2)n1.CCc1nn2ccccc2c1-c1nc(N)nc(Nc2ccc(C(F)(F)F)cc2)n1.Cc1nc2ccc(F)cc2n1-c1cnnc(Nc2ccc(C(F)(F)F)cc2)n1. The average Bonchev–Trinajstić information content (AvgIpc) is 1.61. The lowest BCUT2D eigenvalue weighted by Gasteiger charge is -2.11. The van der Waals surface area contributed by atoms with Crippen LogP contribution in [-0.2, 0) is 44.0 Å². The Labute approximate surface area is 645 Å². The number of fused-ring (bicyclic) bond motifs is 4. The summed E-state index contributed by atoms with van der Waals surface area (Å²) in [5, 5.41) is 31.4. The van der Waals surface area contributed by atoms with Gasteiger partial charge in [-0.3, -0.25) is 13.7 Å². The van der Waals surface area contributed by atoms with Gasteiger partial charge in [0.25, 0.3) is 0 Å². The highest BCUT2D eigenvalue weighted by Crippen LogP contribution is 2.36. The van der Waals surface area contributed by atoms with Gasteiger partial charge in [-0.1, -0.05) is 39.0 Å². The Hall–Kier alpha value is -14.5. The lowest BCUT2D eigenvalue weighted by molar-refractivity contribution is -0.138. The first kappa shape index (κ1) is 79.6. The molecule has 0 aliphatic rings. The molecular weight excluding hydrogens is 1540 g/mol. The average molecular weight is 1600 g/mol. The number of aromatic nitrogens is 20. The van der Waals surface area contributed by atoms with E-state index in [1.165, 1.54) is 85.2 Å². The van der Waals surface area contributed by atoms with E-state index in [0.717, 1.165) is 88.6 Å². The van der Waals surface area contributed by atoms with Gasteiger partial charge in [0.1, 0.15) is 29.1 Å². The van der Waals surface area contributed by atoms with Gasteiger partial charge in [-0.25, -0.2) is 28.2 Å². The molecule has 0 aliphatic heterocycles. The van der Waals surface area contributed by atoms with E-state index in [4.69, 9.17) is 11.5 Å². The van der Waals surface area contributed by atoms with Gasteiger partial charge in [0.15, 0.2) is 17.5 Å². The van der Waals surface area contributed by atoms with Crippen molar-refractivity contribution in [3.05, 3.63) is 252 Å². The Kier molecular flexibility index (Phi) is 22.7. The van der Waals surface area contributed by atoms with Gasteiger partial charge in [0.05, 0.1) is 84.5 Å². The summed E-state index contributed by atoms with van der Waals surface area (Å²) in [5.41, 5.74) is 16.5. The topological polar surface area (TPSA) is 326 Å². The highest BCUT2D eigenvalue weighted by molar-refractivity contribution is 5.82. The zero-order valence-electron chi connectivity index (χ0n) is 60.7. The van der Waals surface area contributed by atoms with Crippen LogP contribution in [0.4, 0.5) is 120 Å². The van der Waals surface area contributed by atoms with Gasteiger partial charge in [-0.15, -0.1) is 10.2 Å². The van der Waals surface area contributed by atoms with Crippen LogP contribution >= 0.6 is 0 Å². The number of imidazole rings is 3. The van der Waals surface area contributed by atoms with Crippen LogP contribution in [0.3, 0.4) is 0 Å². The smallest absolute Gasteiger partial charge is 0.368 e. The first-order chi connectivity index (χ1) is 55.3. The number of halogens is 14. The fraction of sp³-hybridized carbons (Fsp3) is 0.158. The highest BCUT2D eigenvalue weighted by atomic mass is 19.4. The van der Waals surface area contributed by atoms with Gasteiger partial charge in [0, 0.05) is 53.9 Å². The Bertz CT molecular complexity index is 6170. The number of hydrogen-bond donors (Lipinski definition) is 6. The maximum Gasteiger partial charge on any atom is 0.416 e.